The molecular formula is C22H25N4OS+. The molecule has 0 unspecified atom stereocenters. The SMILES string of the molecule is CCC[n+]1c(/C=C/c2ccc(N(CC)CC)c3nonc23)sc2ccccc21. The molecule has 2 aromatic heterocycles. The van der Waals surface area contributed by atoms with Gasteiger partial charge in [-0.15, -0.1) is 0 Å². The fourth-order valence-corrected chi connectivity index (χ4v) is 4.71. The van der Waals surface area contributed by atoms with E-state index in [1.54, 1.807) is 0 Å². The molecule has 2 heterocycles. The summed E-state index contributed by atoms with van der Waals surface area (Å²) >= 11 is 1.81. The minimum Gasteiger partial charge on any atom is -0.370 e. The number of thiazole rings is 1. The first-order chi connectivity index (χ1) is 13.8. The van der Waals surface area contributed by atoms with Crippen LogP contribution in [0.1, 0.15) is 37.8 Å². The van der Waals surface area contributed by atoms with Crippen LogP contribution in [0.5, 0.6) is 0 Å². The van der Waals surface area contributed by atoms with Crippen molar-refractivity contribution in [2.24, 2.45) is 0 Å². The second kappa shape index (κ2) is 8.10. The van der Waals surface area contributed by atoms with Crippen LogP contribution in [-0.2, 0) is 6.54 Å². The molecule has 0 radical (unpaired) electrons. The van der Waals surface area contributed by atoms with Crippen LogP contribution in [0.15, 0.2) is 41.0 Å². The number of hydrogen-bond donors (Lipinski definition) is 0. The molecule has 4 rings (SSSR count). The minimum atomic E-state index is 0.809. The molecule has 0 aliphatic rings. The molecule has 0 bridgehead atoms. The quantitative estimate of drug-likeness (QED) is 0.407. The molecule has 5 nitrogen and oxygen atoms in total. The number of rotatable bonds is 7. The Bertz CT molecular complexity index is 1120. The maximum absolute atomic E-state index is 5.08. The Morgan fingerprint density at radius 2 is 1.79 bits per heavy atom. The molecule has 0 saturated heterocycles. The molecule has 0 spiro atoms. The summed E-state index contributed by atoms with van der Waals surface area (Å²) in [6.07, 6.45) is 5.40. The van der Waals surface area contributed by atoms with Crippen molar-refractivity contribution in [3.05, 3.63) is 47.0 Å². The molecule has 0 atom stereocenters. The van der Waals surface area contributed by atoms with Crippen molar-refractivity contribution in [3.63, 3.8) is 0 Å². The second-order valence-electron chi connectivity index (χ2n) is 6.70. The number of benzene rings is 2. The molecule has 28 heavy (non-hydrogen) atoms. The van der Waals surface area contributed by atoms with Gasteiger partial charge in [0.1, 0.15) is 16.8 Å². The minimum absolute atomic E-state index is 0.809. The van der Waals surface area contributed by atoms with Crippen LogP contribution in [0.4, 0.5) is 5.69 Å². The lowest BCUT2D eigenvalue weighted by Crippen LogP contribution is -2.34. The Balaban J connectivity index is 1.76. The molecule has 0 aliphatic carbocycles. The maximum atomic E-state index is 5.08. The lowest BCUT2D eigenvalue weighted by Gasteiger charge is -2.20. The first-order valence-corrected chi connectivity index (χ1v) is 10.7. The predicted molar refractivity (Wildman–Crippen MR) is 117 cm³/mol. The average molecular weight is 394 g/mol. The number of hydrogen-bond acceptors (Lipinski definition) is 5. The third kappa shape index (κ3) is 3.29. The highest BCUT2D eigenvalue weighted by Gasteiger charge is 2.18. The fourth-order valence-electron chi connectivity index (χ4n) is 3.62. The molecule has 0 N–H and O–H groups in total. The van der Waals surface area contributed by atoms with Gasteiger partial charge in [0.2, 0.25) is 5.52 Å². The first kappa shape index (κ1) is 18.6. The largest absolute Gasteiger partial charge is 0.370 e. The zero-order valence-corrected chi connectivity index (χ0v) is 17.4. The van der Waals surface area contributed by atoms with Crippen molar-refractivity contribution in [1.29, 1.82) is 0 Å². The highest BCUT2D eigenvalue weighted by atomic mass is 32.1. The van der Waals surface area contributed by atoms with Crippen LogP contribution in [0.25, 0.3) is 33.4 Å². The number of aryl methyl sites for hydroxylation is 1. The summed E-state index contributed by atoms with van der Waals surface area (Å²) in [5, 5.41) is 9.58. The highest BCUT2D eigenvalue weighted by Crippen LogP contribution is 2.29. The Morgan fingerprint density at radius 3 is 2.57 bits per heavy atom. The topological polar surface area (TPSA) is 46.0 Å². The molecule has 4 aromatic rings. The van der Waals surface area contributed by atoms with Crippen LogP contribution in [0, 0.1) is 0 Å². The van der Waals surface area contributed by atoms with E-state index in [-0.39, 0.29) is 0 Å². The van der Waals surface area contributed by atoms with E-state index in [4.69, 9.17) is 4.63 Å². The Labute approximate surface area is 168 Å². The van der Waals surface area contributed by atoms with E-state index in [2.05, 4.69) is 89.1 Å². The maximum Gasteiger partial charge on any atom is 0.262 e. The number of fused-ring (bicyclic) bond motifs is 2. The van der Waals surface area contributed by atoms with Gasteiger partial charge in [0, 0.05) is 37.2 Å². The lowest BCUT2D eigenvalue weighted by atomic mass is 10.1. The summed E-state index contributed by atoms with van der Waals surface area (Å²) in [5.41, 5.74) is 5.01. The number of para-hydroxylation sites is 1. The van der Waals surface area contributed by atoms with Crippen molar-refractivity contribution < 1.29 is 9.20 Å². The standard InChI is InChI=1S/C22H25N4OS/c1-4-15-26-17-9-7-8-10-19(17)28-20(26)14-12-16-11-13-18(25(5-2)6-3)22-21(16)23-27-24-22/h7-14H,4-6,15H2,1-3H3/q+1. The van der Waals surface area contributed by atoms with Gasteiger partial charge in [-0.1, -0.05) is 36.5 Å². The Morgan fingerprint density at radius 1 is 1.00 bits per heavy atom. The van der Waals surface area contributed by atoms with Gasteiger partial charge in [0.05, 0.1) is 5.69 Å². The number of aromatic nitrogens is 3. The summed E-state index contributed by atoms with van der Waals surface area (Å²) in [6.45, 7) is 9.35. The number of anilines is 1. The van der Waals surface area contributed by atoms with E-state index in [0.717, 1.165) is 48.3 Å². The van der Waals surface area contributed by atoms with Crippen LogP contribution in [0.2, 0.25) is 0 Å². The van der Waals surface area contributed by atoms with E-state index >= 15 is 0 Å². The van der Waals surface area contributed by atoms with Gasteiger partial charge in [0.15, 0.2) is 5.52 Å². The third-order valence-electron chi connectivity index (χ3n) is 5.02. The monoisotopic (exact) mass is 393 g/mol. The summed E-state index contributed by atoms with van der Waals surface area (Å²) in [5.74, 6) is 0. The molecule has 0 fully saturated rings. The van der Waals surface area contributed by atoms with E-state index in [0.29, 0.717) is 0 Å². The summed E-state index contributed by atoms with van der Waals surface area (Å²) in [7, 11) is 0. The van der Waals surface area contributed by atoms with Crippen LogP contribution >= 0.6 is 11.3 Å². The zero-order valence-electron chi connectivity index (χ0n) is 16.6. The van der Waals surface area contributed by atoms with Gasteiger partial charge in [-0.25, -0.2) is 4.63 Å². The van der Waals surface area contributed by atoms with Crippen molar-refractivity contribution in [2.45, 2.75) is 33.7 Å². The smallest absolute Gasteiger partial charge is 0.262 e. The van der Waals surface area contributed by atoms with Gasteiger partial charge in [-0.3, -0.25) is 0 Å². The lowest BCUT2D eigenvalue weighted by molar-refractivity contribution is -0.668. The molecule has 144 valence electrons. The fraction of sp³-hybridized carbons (Fsp3) is 0.318. The van der Waals surface area contributed by atoms with Crippen LogP contribution in [0.3, 0.4) is 0 Å². The molecule has 0 aliphatic heterocycles. The predicted octanol–water partition coefficient (Wildman–Crippen LogP) is 5.15. The van der Waals surface area contributed by atoms with E-state index in [1.165, 1.54) is 15.2 Å². The van der Waals surface area contributed by atoms with Crippen molar-refractivity contribution in [2.75, 3.05) is 18.0 Å². The molecule has 6 heteroatoms. The highest BCUT2D eigenvalue weighted by molar-refractivity contribution is 7.18. The molecular weight excluding hydrogens is 368 g/mol. The van der Waals surface area contributed by atoms with Crippen molar-refractivity contribution in [3.8, 4) is 0 Å². The zero-order chi connectivity index (χ0) is 19.5. The van der Waals surface area contributed by atoms with Crippen molar-refractivity contribution >= 4 is 50.4 Å². The molecule has 0 amide bonds. The summed E-state index contributed by atoms with van der Waals surface area (Å²) < 4.78 is 8.78. The van der Waals surface area contributed by atoms with E-state index in [1.807, 2.05) is 11.3 Å². The normalized spacial score (nSPS) is 11.8. The second-order valence-corrected chi connectivity index (χ2v) is 7.76. The van der Waals surface area contributed by atoms with Gasteiger partial charge < -0.3 is 4.90 Å². The van der Waals surface area contributed by atoms with E-state index < -0.39 is 0 Å². The summed E-state index contributed by atoms with van der Waals surface area (Å²) in [4.78, 5) is 2.27. The van der Waals surface area contributed by atoms with Gasteiger partial charge >= 0.3 is 0 Å². The van der Waals surface area contributed by atoms with Gasteiger partial charge in [-0.05, 0) is 42.4 Å². The van der Waals surface area contributed by atoms with E-state index in [9.17, 15) is 0 Å². The molecule has 0 saturated carbocycles. The molecule has 2 aromatic carbocycles. The first-order valence-electron chi connectivity index (χ1n) is 9.86. The Kier molecular flexibility index (Phi) is 5.39. The summed E-state index contributed by atoms with van der Waals surface area (Å²) in [6, 6.07) is 12.8. The van der Waals surface area contributed by atoms with Crippen molar-refractivity contribution in [1.82, 2.24) is 10.3 Å². The van der Waals surface area contributed by atoms with Crippen LogP contribution < -0.4 is 9.47 Å². The Hall–Kier alpha value is -2.73. The van der Waals surface area contributed by atoms with Gasteiger partial charge in [0.25, 0.3) is 5.01 Å². The van der Waals surface area contributed by atoms with Gasteiger partial charge in [-0.2, -0.15) is 4.57 Å². The third-order valence-corrected chi connectivity index (χ3v) is 6.15. The number of nitrogens with zero attached hydrogens (tertiary/aromatic N) is 4. The average Bonchev–Trinajstić information content (AvgIpc) is 3.34. The van der Waals surface area contributed by atoms with Crippen LogP contribution in [-0.4, -0.2) is 23.4 Å².